The van der Waals surface area contributed by atoms with E-state index >= 15 is 0 Å². The van der Waals surface area contributed by atoms with Crippen molar-refractivity contribution in [2.45, 2.75) is 30.7 Å². The number of carboxylic acids is 1. The van der Waals surface area contributed by atoms with E-state index in [9.17, 15) is 9.90 Å². The zero-order valence-corrected chi connectivity index (χ0v) is 12.9. The zero-order chi connectivity index (χ0) is 14.5. The number of anilines is 1. The van der Waals surface area contributed by atoms with Crippen LogP contribution < -0.4 is 5.32 Å². The van der Waals surface area contributed by atoms with Gasteiger partial charge in [0.2, 0.25) is 0 Å². The van der Waals surface area contributed by atoms with Crippen LogP contribution in [-0.2, 0) is 0 Å². The molecule has 0 saturated carbocycles. The number of nitrogens with one attached hydrogen (secondary N) is 1. The van der Waals surface area contributed by atoms with Crippen LogP contribution in [0.5, 0.6) is 0 Å². The number of carbonyl (C=O) groups is 1. The van der Waals surface area contributed by atoms with E-state index < -0.39 is 5.97 Å². The van der Waals surface area contributed by atoms with Crippen LogP contribution in [-0.4, -0.2) is 47.9 Å². The molecule has 4 nitrogen and oxygen atoms in total. The van der Waals surface area contributed by atoms with Gasteiger partial charge in [-0.15, -0.1) is 11.8 Å². The molecule has 20 heavy (non-hydrogen) atoms. The van der Waals surface area contributed by atoms with Gasteiger partial charge in [0.05, 0.1) is 11.3 Å². The van der Waals surface area contributed by atoms with Crippen LogP contribution in [0.3, 0.4) is 0 Å². The molecular weight excluding hydrogens is 272 g/mol. The molecule has 1 atom stereocenters. The maximum absolute atomic E-state index is 11.5. The summed E-state index contributed by atoms with van der Waals surface area (Å²) in [7, 11) is 0. The third kappa shape index (κ3) is 3.67. The molecule has 1 aliphatic heterocycles. The normalized spacial score (nSPS) is 17.1. The van der Waals surface area contributed by atoms with Gasteiger partial charge in [0.1, 0.15) is 0 Å². The third-order valence-corrected chi connectivity index (χ3v) is 4.37. The van der Waals surface area contributed by atoms with E-state index in [4.69, 9.17) is 0 Å². The molecule has 1 fully saturated rings. The molecule has 1 unspecified atom stereocenters. The van der Waals surface area contributed by atoms with Crippen LogP contribution in [0.25, 0.3) is 0 Å². The van der Waals surface area contributed by atoms with Crippen molar-refractivity contribution in [3.63, 3.8) is 0 Å². The Bertz CT molecular complexity index is 473. The van der Waals surface area contributed by atoms with Gasteiger partial charge in [0.15, 0.2) is 0 Å². The average Bonchev–Trinajstić information content (AvgIpc) is 2.90. The van der Waals surface area contributed by atoms with Crippen LogP contribution in [0.15, 0.2) is 23.1 Å². The lowest BCUT2D eigenvalue weighted by Gasteiger charge is -2.23. The number of hydrogen-bond acceptors (Lipinski definition) is 4. The molecule has 0 radical (unpaired) electrons. The van der Waals surface area contributed by atoms with Gasteiger partial charge in [-0.3, -0.25) is 0 Å². The van der Waals surface area contributed by atoms with Crippen LogP contribution in [0.4, 0.5) is 5.69 Å². The first-order valence-corrected chi connectivity index (χ1v) is 8.23. The lowest BCUT2D eigenvalue weighted by molar-refractivity contribution is 0.0694. The van der Waals surface area contributed by atoms with Crippen molar-refractivity contribution in [1.82, 2.24) is 4.90 Å². The summed E-state index contributed by atoms with van der Waals surface area (Å²) in [5.41, 5.74) is 1.10. The largest absolute Gasteiger partial charge is 0.478 e. The smallest absolute Gasteiger partial charge is 0.338 e. The first kappa shape index (κ1) is 15.2. The summed E-state index contributed by atoms with van der Waals surface area (Å²) in [5.74, 6) is -0.870. The minimum atomic E-state index is -0.870. The Kier molecular flexibility index (Phi) is 5.31. The molecule has 0 bridgehead atoms. The Hall–Kier alpha value is -1.20. The van der Waals surface area contributed by atoms with Gasteiger partial charge in [-0.1, -0.05) is 6.07 Å². The fourth-order valence-corrected chi connectivity index (χ4v) is 3.32. The van der Waals surface area contributed by atoms with Gasteiger partial charge in [0.25, 0.3) is 0 Å². The predicted octanol–water partition coefficient (Wildman–Crippen LogP) is 3.00. The molecule has 2 N–H and O–H groups in total. The standard InChI is InChI=1S/C15H22N2O2S/c1-11(10-17-8-3-4-9-17)16-12-6-5-7-13(20-2)14(12)15(18)19/h5-7,11,16H,3-4,8-10H2,1-2H3,(H,18,19). The van der Waals surface area contributed by atoms with Crippen molar-refractivity contribution >= 4 is 23.4 Å². The topological polar surface area (TPSA) is 52.6 Å². The Morgan fingerprint density at radius 1 is 1.45 bits per heavy atom. The Labute approximate surface area is 124 Å². The van der Waals surface area contributed by atoms with Crippen molar-refractivity contribution in [3.05, 3.63) is 23.8 Å². The fourth-order valence-electron chi connectivity index (χ4n) is 2.71. The molecule has 0 aromatic heterocycles. The quantitative estimate of drug-likeness (QED) is 0.790. The summed E-state index contributed by atoms with van der Waals surface area (Å²) < 4.78 is 0. The lowest BCUT2D eigenvalue weighted by atomic mass is 10.1. The van der Waals surface area contributed by atoms with E-state index in [0.717, 1.165) is 30.2 Å². The third-order valence-electron chi connectivity index (χ3n) is 3.59. The molecule has 1 aromatic rings. The minimum Gasteiger partial charge on any atom is -0.478 e. The number of carboxylic acid groups (broad SMARTS) is 1. The van der Waals surface area contributed by atoms with Crippen LogP contribution in [0, 0.1) is 0 Å². The van der Waals surface area contributed by atoms with Crippen molar-refractivity contribution in [3.8, 4) is 0 Å². The molecule has 2 rings (SSSR count). The van der Waals surface area contributed by atoms with Crippen LogP contribution >= 0.6 is 11.8 Å². The molecule has 1 saturated heterocycles. The van der Waals surface area contributed by atoms with Gasteiger partial charge in [-0.05, 0) is 51.2 Å². The highest BCUT2D eigenvalue weighted by Crippen LogP contribution is 2.27. The molecule has 5 heteroatoms. The van der Waals surface area contributed by atoms with Gasteiger partial charge < -0.3 is 15.3 Å². The molecule has 1 heterocycles. The zero-order valence-electron chi connectivity index (χ0n) is 12.1. The molecule has 0 amide bonds. The lowest BCUT2D eigenvalue weighted by Crippen LogP contribution is -2.33. The first-order chi connectivity index (χ1) is 9.61. The number of thioether (sulfide) groups is 1. The van der Waals surface area contributed by atoms with Crippen molar-refractivity contribution in [1.29, 1.82) is 0 Å². The number of nitrogens with zero attached hydrogens (tertiary/aromatic N) is 1. The fraction of sp³-hybridized carbons (Fsp3) is 0.533. The summed E-state index contributed by atoms with van der Waals surface area (Å²) in [6, 6.07) is 5.85. The molecule has 1 aliphatic rings. The Morgan fingerprint density at radius 2 is 2.15 bits per heavy atom. The van der Waals surface area contributed by atoms with E-state index in [-0.39, 0.29) is 6.04 Å². The second-order valence-corrected chi connectivity index (χ2v) is 6.09. The summed E-state index contributed by atoms with van der Waals surface area (Å²) in [5, 5.41) is 12.8. The van der Waals surface area contributed by atoms with Gasteiger partial charge in [-0.25, -0.2) is 4.79 Å². The molecule has 110 valence electrons. The number of benzene rings is 1. The average molecular weight is 294 g/mol. The van der Waals surface area contributed by atoms with Crippen molar-refractivity contribution in [2.24, 2.45) is 0 Å². The molecule has 0 aliphatic carbocycles. The number of aromatic carboxylic acids is 1. The van der Waals surface area contributed by atoms with Crippen LogP contribution in [0.2, 0.25) is 0 Å². The van der Waals surface area contributed by atoms with Gasteiger partial charge in [0, 0.05) is 17.5 Å². The van der Waals surface area contributed by atoms with E-state index in [1.165, 1.54) is 24.6 Å². The summed E-state index contributed by atoms with van der Waals surface area (Å²) in [4.78, 5) is 14.7. The van der Waals surface area contributed by atoms with E-state index in [0.29, 0.717) is 5.56 Å². The maximum Gasteiger partial charge on any atom is 0.338 e. The number of rotatable bonds is 6. The second kappa shape index (κ2) is 6.99. The Morgan fingerprint density at radius 3 is 2.75 bits per heavy atom. The van der Waals surface area contributed by atoms with E-state index in [1.807, 2.05) is 24.5 Å². The second-order valence-electron chi connectivity index (χ2n) is 5.24. The van der Waals surface area contributed by atoms with Gasteiger partial charge >= 0.3 is 5.97 Å². The molecular formula is C15H22N2O2S. The molecule has 1 aromatic carbocycles. The highest BCUT2D eigenvalue weighted by atomic mass is 32.2. The SMILES string of the molecule is CSc1cccc(NC(C)CN2CCCC2)c1C(=O)O. The van der Waals surface area contributed by atoms with Gasteiger partial charge in [-0.2, -0.15) is 0 Å². The predicted molar refractivity (Wildman–Crippen MR) is 83.9 cm³/mol. The number of likely N-dealkylation sites (tertiary alicyclic amines) is 1. The maximum atomic E-state index is 11.5. The van der Waals surface area contributed by atoms with Crippen LogP contribution in [0.1, 0.15) is 30.1 Å². The highest BCUT2D eigenvalue weighted by molar-refractivity contribution is 7.98. The molecule has 0 spiro atoms. The summed E-state index contributed by atoms with van der Waals surface area (Å²) in [6.45, 7) is 5.38. The highest BCUT2D eigenvalue weighted by Gasteiger charge is 2.18. The van der Waals surface area contributed by atoms with E-state index in [2.05, 4.69) is 17.1 Å². The van der Waals surface area contributed by atoms with Crippen molar-refractivity contribution in [2.75, 3.05) is 31.2 Å². The summed E-state index contributed by atoms with van der Waals surface area (Å²) >= 11 is 1.47. The van der Waals surface area contributed by atoms with E-state index in [1.54, 1.807) is 0 Å². The monoisotopic (exact) mass is 294 g/mol. The minimum absolute atomic E-state index is 0.239. The summed E-state index contributed by atoms with van der Waals surface area (Å²) in [6.07, 6.45) is 4.45. The number of hydrogen-bond donors (Lipinski definition) is 2. The first-order valence-electron chi connectivity index (χ1n) is 7.01. The Balaban J connectivity index is 2.09. The van der Waals surface area contributed by atoms with Crippen molar-refractivity contribution < 1.29 is 9.90 Å².